The van der Waals surface area contributed by atoms with Crippen LogP contribution in [0.3, 0.4) is 0 Å². The van der Waals surface area contributed by atoms with Gasteiger partial charge >= 0.3 is 0 Å². The third-order valence-electron chi connectivity index (χ3n) is 2.72. The molecule has 1 aliphatic heterocycles. The summed E-state index contributed by atoms with van der Waals surface area (Å²) in [6, 6.07) is 14.1. The van der Waals surface area contributed by atoms with Crippen molar-refractivity contribution in [3.63, 3.8) is 0 Å². The van der Waals surface area contributed by atoms with Gasteiger partial charge in [0.1, 0.15) is 5.82 Å². The molecule has 0 unspecified atom stereocenters. The molecule has 1 heterocycles. The zero-order valence-electron chi connectivity index (χ0n) is 9.97. The lowest BCUT2D eigenvalue weighted by Gasteiger charge is -2.25. The van der Waals surface area contributed by atoms with Crippen molar-refractivity contribution in [1.82, 2.24) is 10.7 Å². The summed E-state index contributed by atoms with van der Waals surface area (Å²) in [5.41, 5.74) is 12.6. The zero-order chi connectivity index (χ0) is 13.2. The van der Waals surface area contributed by atoms with E-state index in [0.29, 0.717) is 11.0 Å². The number of nitrogens with zero attached hydrogens (tertiary/aromatic N) is 2. The lowest BCUT2D eigenvalue weighted by Crippen LogP contribution is -2.42. The van der Waals surface area contributed by atoms with Crippen LogP contribution in [-0.4, -0.2) is 10.4 Å². The van der Waals surface area contributed by atoms with Gasteiger partial charge in [-0.2, -0.15) is 0 Å². The number of nitrogens with one attached hydrogen (secondary N) is 2. The Morgan fingerprint density at radius 2 is 1.95 bits per heavy atom. The minimum absolute atomic E-state index is 0.309. The summed E-state index contributed by atoms with van der Waals surface area (Å²) in [5, 5.41) is 8.00. The molecule has 5 nitrogen and oxygen atoms in total. The molecule has 0 radical (unpaired) electrons. The summed E-state index contributed by atoms with van der Waals surface area (Å²) >= 11 is 5.86. The molecule has 6 heteroatoms. The van der Waals surface area contributed by atoms with Crippen LogP contribution in [0, 0.1) is 0 Å². The number of hydrazine groups is 2. The monoisotopic (exact) mass is 273 g/mol. The molecule has 0 aromatic heterocycles. The molecule has 96 valence electrons. The lowest BCUT2D eigenvalue weighted by molar-refractivity contribution is 0.270. The highest BCUT2D eigenvalue weighted by atomic mass is 35.5. The Hall–Kier alpha value is -2.40. The van der Waals surface area contributed by atoms with E-state index >= 15 is 0 Å². The standard InChI is InChI=1S/C13H12ClN5/c14-12-8-13(15)18-19(17-12)16-11-7-3-5-9-4-1-2-6-10(9)11/h1-8,16,18H,15H2. The van der Waals surface area contributed by atoms with Gasteiger partial charge in [-0.05, 0) is 11.5 Å². The number of benzene rings is 2. The molecule has 3 rings (SSSR count). The van der Waals surface area contributed by atoms with E-state index in [0.717, 1.165) is 16.5 Å². The van der Waals surface area contributed by atoms with E-state index in [1.54, 1.807) is 6.08 Å². The highest BCUT2D eigenvalue weighted by molar-refractivity contribution is 6.68. The number of anilines is 1. The maximum absolute atomic E-state index is 5.86. The number of rotatable bonds is 2. The van der Waals surface area contributed by atoms with Crippen LogP contribution in [0.25, 0.3) is 10.8 Å². The SMILES string of the molecule is NC1=CC(Cl)=NN(Nc2cccc3ccccc23)N1. The fourth-order valence-electron chi connectivity index (χ4n) is 1.92. The average Bonchev–Trinajstić information content (AvgIpc) is 2.38. The van der Waals surface area contributed by atoms with Gasteiger partial charge in [0, 0.05) is 11.5 Å². The predicted octanol–water partition coefficient (Wildman–Crippen LogP) is 2.34. The summed E-state index contributed by atoms with van der Waals surface area (Å²) in [7, 11) is 0. The summed E-state index contributed by atoms with van der Waals surface area (Å²) in [6.45, 7) is 0. The number of halogens is 1. The van der Waals surface area contributed by atoms with Gasteiger partial charge in [-0.1, -0.05) is 48.0 Å². The quantitative estimate of drug-likeness (QED) is 0.786. The minimum Gasteiger partial charge on any atom is -0.384 e. The molecular formula is C13H12ClN5. The van der Waals surface area contributed by atoms with E-state index in [9.17, 15) is 0 Å². The van der Waals surface area contributed by atoms with E-state index in [4.69, 9.17) is 17.3 Å². The van der Waals surface area contributed by atoms with Crippen LogP contribution in [0.5, 0.6) is 0 Å². The van der Waals surface area contributed by atoms with Gasteiger partial charge in [-0.15, -0.1) is 10.3 Å². The molecule has 0 bridgehead atoms. The van der Waals surface area contributed by atoms with E-state index in [2.05, 4.69) is 28.1 Å². The number of fused-ring (bicyclic) bond motifs is 1. The molecule has 0 aliphatic carbocycles. The molecule has 0 fully saturated rings. The summed E-state index contributed by atoms with van der Waals surface area (Å²) < 4.78 is 0. The van der Waals surface area contributed by atoms with Crippen molar-refractivity contribution in [3.05, 3.63) is 54.4 Å². The minimum atomic E-state index is 0.309. The molecule has 0 saturated heterocycles. The van der Waals surface area contributed by atoms with Crippen LogP contribution in [0.15, 0.2) is 59.5 Å². The van der Waals surface area contributed by atoms with Gasteiger partial charge in [0.05, 0.1) is 5.69 Å². The van der Waals surface area contributed by atoms with Crippen molar-refractivity contribution >= 4 is 33.2 Å². The maximum Gasteiger partial charge on any atom is 0.156 e. The van der Waals surface area contributed by atoms with Crippen molar-refractivity contribution in [1.29, 1.82) is 0 Å². The smallest absolute Gasteiger partial charge is 0.156 e. The first kappa shape index (κ1) is 11.7. The van der Waals surface area contributed by atoms with Crippen LogP contribution < -0.4 is 16.6 Å². The molecule has 2 aromatic rings. The van der Waals surface area contributed by atoms with Crippen molar-refractivity contribution in [2.45, 2.75) is 0 Å². The first-order chi connectivity index (χ1) is 9.22. The van der Waals surface area contributed by atoms with Crippen LogP contribution in [0.4, 0.5) is 5.69 Å². The maximum atomic E-state index is 5.86. The highest BCUT2D eigenvalue weighted by Gasteiger charge is 2.10. The number of hydrazone groups is 1. The van der Waals surface area contributed by atoms with E-state index in [1.165, 1.54) is 5.23 Å². The van der Waals surface area contributed by atoms with Crippen LogP contribution in [-0.2, 0) is 0 Å². The molecule has 0 saturated carbocycles. The zero-order valence-corrected chi connectivity index (χ0v) is 10.7. The second-order valence-corrected chi connectivity index (χ2v) is 4.47. The molecule has 19 heavy (non-hydrogen) atoms. The second-order valence-electron chi connectivity index (χ2n) is 4.08. The van der Waals surface area contributed by atoms with Gasteiger partial charge in [0.15, 0.2) is 5.17 Å². The van der Waals surface area contributed by atoms with Crippen LogP contribution >= 0.6 is 11.6 Å². The van der Waals surface area contributed by atoms with E-state index in [1.807, 2.05) is 30.3 Å². The number of hydrogen-bond acceptors (Lipinski definition) is 5. The van der Waals surface area contributed by atoms with Gasteiger partial charge < -0.3 is 5.73 Å². The summed E-state index contributed by atoms with van der Waals surface area (Å²) in [4.78, 5) is 0. The van der Waals surface area contributed by atoms with Crippen molar-refractivity contribution < 1.29 is 0 Å². The molecule has 0 amide bonds. The molecule has 1 aliphatic rings. The van der Waals surface area contributed by atoms with Crippen molar-refractivity contribution in [3.8, 4) is 0 Å². The topological polar surface area (TPSA) is 65.7 Å². The molecular weight excluding hydrogens is 262 g/mol. The normalized spacial score (nSPS) is 14.7. The van der Waals surface area contributed by atoms with Gasteiger partial charge in [-0.3, -0.25) is 5.43 Å². The van der Waals surface area contributed by atoms with Gasteiger partial charge in [-0.25, -0.2) is 5.43 Å². The number of nitrogens with two attached hydrogens (primary N) is 1. The summed E-state index contributed by atoms with van der Waals surface area (Å²) in [6.07, 6.45) is 1.54. The molecule has 0 spiro atoms. The fourth-order valence-corrected chi connectivity index (χ4v) is 2.12. The fraction of sp³-hybridized carbons (Fsp3) is 0. The van der Waals surface area contributed by atoms with Gasteiger partial charge in [0.25, 0.3) is 0 Å². The highest BCUT2D eigenvalue weighted by Crippen LogP contribution is 2.23. The van der Waals surface area contributed by atoms with Gasteiger partial charge in [0.2, 0.25) is 0 Å². The molecule has 2 aromatic carbocycles. The number of hydrogen-bond donors (Lipinski definition) is 3. The predicted molar refractivity (Wildman–Crippen MR) is 78.1 cm³/mol. The van der Waals surface area contributed by atoms with Crippen LogP contribution in [0.1, 0.15) is 0 Å². The average molecular weight is 274 g/mol. The first-order valence-electron chi connectivity index (χ1n) is 5.75. The van der Waals surface area contributed by atoms with Crippen molar-refractivity contribution in [2.75, 3.05) is 5.43 Å². The third-order valence-corrected chi connectivity index (χ3v) is 2.91. The second kappa shape index (κ2) is 4.70. The first-order valence-corrected chi connectivity index (χ1v) is 6.13. The van der Waals surface area contributed by atoms with Crippen LogP contribution in [0.2, 0.25) is 0 Å². The Labute approximate surface area is 115 Å². The summed E-state index contributed by atoms with van der Waals surface area (Å²) in [5.74, 6) is 0.424. The molecule has 0 atom stereocenters. The van der Waals surface area contributed by atoms with E-state index < -0.39 is 0 Å². The Morgan fingerprint density at radius 1 is 1.16 bits per heavy atom. The van der Waals surface area contributed by atoms with E-state index in [-0.39, 0.29) is 0 Å². The third kappa shape index (κ3) is 2.41. The Kier molecular flexibility index (Phi) is 2.89. The molecule has 4 N–H and O–H groups in total. The Balaban J connectivity index is 1.92. The van der Waals surface area contributed by atoms with Crippen molar-refractivity contribution in [2.24, 2.45) is 10.8 Å². The largest absolute Gasteiger partial charge is 0.384 e. The number of allylic oxidation sites excluding steroid dienone is 1. The Bertz CT molecular complexity index is 674. The lowest BCUT2D eigenvalue weighted by atomic mass is 10.1. The Morgan fingerprint density at radius 3 is 2.79 bits per heavy atom.